The predicted molar refractivity (Wildman–Crippen MR) is 145 cm³/mol. The van der Waals surface area contributed by atoms with E-state index in [1.54, 1.807) is 12.3 Å². The number of pyridine rings is 2. The minimum atomic E-state index is -0.0831. The van der Waals surface area contributed by atoms with Gasteiger partial charge < -0.3 is 19.9 Å². The molecular weight excluding hydrogens is 488 g/mol. The zero-order valence-electron chi connectivity index (χ0n) is 19.9. The van der Waals surface area contributed by atoms with E-state index in [2.05, 4.69) is 56.6 Å². The molecule has 2 N–H and O–H groups in total. The van der Waals surface area contributed by atoms with Crippen molar-refractivity contribution in [2.45, 2.75) is 39.2 Å². The SMILES string of the molecule is Cc1cccc(CNc2ccc3c(c2)Sc2cccc(C4CN(c5cc[nH]c(=O)c5)CCO4)c2S3)n1. The molecule has 2 aliphatic rings. The molecule has 4 aromatic rings. The molecule has 8 heteroatoms. The van der Waals surface area contributed by atoms with Crippen molar-refractivity contribution in [3.8, 4) is 0 Å². The molecule has 2 aromatic heterocycles. The Hall–Kier alpha value is -3.20. The number of fused-ring (bicyclic) bond motifs is 2. The Bertz CT molecular complexity index is 1470. The van der Waals surface area contributed by atoms with Crippen LogP contribution in [0.2, 0.25) is 0 Å². The van der Waals surface area contributed by atoms with Crippen LogP contribution in [0.5, 0.6) is 0 Å². The summed E-state index contributed by atoms with van der Waals surface area (Å²) in [5, 5.41) is 3.51. The molecule has 1 unspecified atom stereocenters. The van der Waals surface area contributed by atoms with E-state index in [4.69, 9.17) is 4.74 Å². The highest BCUT2D eigenvalue weighted by Crippen LogP contribution is 2.51. The van der Waals surface area contributed by atoms with Crippen LogP contribution < -0.4 is 15.8 Å². The monoisotopic (exact) mass is 514 g/mol. The standard InChI is InChI=1S/C28H26N4O2S2/c1-18-4-2-5-20(31-18)16-30-19-8-9-24-26(14-19)35-25-7-3-6-22(28(25)36-24)23-17-32(12-13-34-23)21-10-11-29-27(33)15-21/h2-11,14-15,23,30H,12-13,16-17H2,1H3,(H,29,33). The number of ether oxygens (including phenoxy) is 1. The molecular formula is C28H26N4O2S2. The fourth-order valence-electron chi connectivity index (χ4n) is 4.58. The number of nitrogens with one attached hydrogen (secondary N) is 2. The van der Waals surface area contributed by atoms with Crippen LogP contribution >= 0.6 is 23.5 Å². The number of hydrogen-bond acceptors (Lipinski definition) is 7. The fourth-order valence-corrected chi connectivity index (χ4v) is 7.03. The lowest BCUT2D eigenvalue weighted by atomic mass is 10.1. The van der Waals surface area contributed by atoms with Crippen molar-refractivity contribution < 1.29 is 4.74 Å². The summed E-state index contributed by atoms with van der Waals surface area (Å²) in [6.07, 6.45) is 1.65. The van der Waals surface area contributed by atoms with Gasteiger partial charge in [0.15, 0.2) is 0 Å². The molecule has 0 spiro atoms. The van der Waals surface area contributed by atoms with Crippen LogP contribution in [0.1, 0.15) is 23.1 Å². The van der Waals surface area contributed by atoms with Gasteiger partial charge in [0, 0.05) is 62.0 Å². The van der Waals surface area contributed by atoms with Gasteiger partial charge in [0.05, 0.1) is 18.8 Å². The number of morpholine rings is 1. The number of benzene rings is 2. The van der Waals surface area contributed by atoms with Gasteiger partial charge in [-0.25, -0.2) is 0 Å². The van der Waals surface area contributed by atoms with Gasteiger partial charge in [-0.3, -0.25) is 9.78 Å². The summed E-state index contributed by atoms with van der Waals surface area (Å²) in [7, 11) is 0. The van der Waals surface area contributed by atoms with E-state index in [1.807, 2.05) is 54.7 Å². The van der Waals surface area contributed by atoms with Crippen molar-refractivity contribution in [2.75, 3.05) is 29.9 Å². The van der Waals surface area contributed by atoms with Gasteiger partial charge in [0.25, 0.3) is 0 Å². The first-order chi connectivity index (χ1) is 17.6. The lowest BCUT2D eigenvalue weighted by molar-refractivity contribution is 0.0379. The van der Waals surface area contributed by atoms with Gasteiger partial charge in [-0.15, -0.1) is 0 Å². The van der Waals surface area contributed by atoms with Crippen LogP contribution in [-0.4, -0.2) is 29.7 Å². The minimum Gasteiger partial charge on any atom is -0.379 e. The van der Waals surface area contributed by atoms with Gasteiger partial charge in [-0.05, 0) is 55.0 Å². The number of aromatic nitrogens is 2. The van der Waals surface area contributed by atoms with Crippen LogP contribution in [0.15, 0.2) is 97.3 Å². The number of hydrogen-bond donors (Lipinski definition) is 2. The highest BCUT2D eigenvalue weighted by atomic mass is 32.2. The van der Waals surface area contributed by atoms with Crippen molar-refractivity contribution in [1.29, 1.82) is 0 Å². The normalized spacial score (nSPS) is 16.8. The van der Waals surface area contributed by atoms with Gasteiger partial charge in [0.1, 0.15) is 6.10 Å². The number of aryl methyl sites for hydroxylation is 1. The summed E-state index contributed by atoms with van der Waals surface area (Å²) in [6, 6.07) is 22.8. The summed E-state index contributed by atoms with van der Waals surface area (Å²) in [5.41, 5.74) is 5.21. The molecule has 0 amide bonds. The average molecular weight is 515 g/mol. The maximum absolute atomic E-state index is 11.8. The molecule has 182 valence electrons. The summed E-state index contributed by atoms with van der Waals surface area (Å²) in [6.45, 7) is 4.82. The minimum absolute atomic E-state index is 0.0505. The fraction of sp³-hybridized carbons (Fsp3) is 0.214. The Morgan fingerprint density at radius 3 is 2.86 bits per heavy atom. The molecule has 36 heavy (non-hydrogen) atoms. The van der Waals surface area contributed by atoms with E-state index in [0.29, 0.717) is 19.7 Å². The summed E-state index contributed by atoms with van der Waals surface area (Å²) >= 11 is 3.62. The van der Waals surface area contributed by atoms with E-state index in [0.717, 1.165) is 29.3 Å². The molecule has 2 aliphatic heterocycles. The van der Waals surface area contributed by atoms with Crippen molar-refractivity contribution in [1.82, 2.24) is 9.97 Å². The Kier molecular flexibility index (Phi) is 6.48. The predicted octanol–water partition coefficient (Wildman–Crippen LogP) is 5.88. The molecule has 1 atom stereocenters. The first kappa shape index (κ1) is 23.2. The first-order valence-electron chi connectivity index (χ1n) is 12.0. The first-order valence-corrected chi connectivity index (χ1v) is 13.6. The van der Waals surface area contributed by atoms with Crippen molar-refractivity contribution in [2.24, 2.45) is 0 Å². The maximum Gasteiger partial charge on any atom is 0.249 e. The molecule has 1 saturated heterocycles. The van der Waals surface area contributed by atoms with Gasteiger partial charge in [-0.2, -0.15) is 0 Å². The van der Waals surface area contributed by atoms with E-state index in [9.17, 15) is 4.79 Å². The highest BCUT2D eigenvalue weighted by Gasteiger charge is 2.28. The van der Waals surface area contributed by atoms with Gasteiger partial charge >= 0.3 is 0 Å². The Morgan fingerprint density at radius 2 is 1.97 bits per heavy atom. The average Bonchev–Trinajstić information content (AvgIpc) is 2.90. The zero-order valence-corrected chi connectivity index (χ0v) is 21.5. The van der Waals surface area contributed by atoms with E-state index >= 15 is 0 Å². The number of aromatic amines is 1. The summed E-state index contributed by atoms with van der Waals surface area (Å²) in [5.74, 6) is 0. The van der Waals surface area contributed by atoms with Crippen LogP contribution in [0.25, 0.3) is 0 Å². The van der Waals surface area contributed by atoms with Crippen LogP contribution in [0, 0.1) is 6.92 Å². The number of rotatable bonds is 5. The largest absolute Gasteiger partial charge is 0.379 e. The van der Waals surface area contributed by atoms with Crippen molar-refractivity contribution >= 4 is 34.9 Å². The van der Waals surface area contributed by atoms with Crippen LogP contribution in [0.3, 0.4) is 0 Å². The topological polar surface area (TPSA) is 70.2 Å². The van der Waals surface area contributed by atoms with Crippen molar-refractivity contribution in [3.05, 3.63) is 100 Å². The third kappa shape index (κ3) is 4.89. The number of nitrogens with zero attached hydrogens (tertiary/aromatic N) is 2. The summed E-state index contributed by atoms with van der Waals surface area (Å²) in [4.78, 5) is 26.3. The molecule has 0 radical (unpaired) electrons. The van der Waals surface area contributed by atoms with E-state index in [-0.39, 0.29) is 11.7 Å². The molecule has 2 aromatic carbocycles. The molecule has 0 aliphatic carbocycles. The molecule has 4 heterocycles. The number of anilines is 2. The third-order valence-corrected chi connectivity index (χ3v) is 8.95. The zero-order chi connectivity index (χ0) is 24.5. The molecule has 6 nitrogen and oxygen atoms in total. The molecule has 6 rings (SSSR count). The van der Waals surface area contributed by atoms with E-state index in [1.165, 1.54) is 25.1 Å². The van der Waals surface area contributed by atoms with Crippen LogP contribution in [-0.2, 0) is 11.3 Å². The third-order valence-electron chi connectivity index (χ3n) is 6.34. The smallest absolute Gasteiger partial charge is 0.249 e. The molecule has 1 fully saturated rings. The molecule has 0 bridgehead atoms. The quantitative estimate of drug-likeness (QED) is 0.303. The van der Waals surface area contributed by atoms with Gasteiger partial charge in [-0.1, -0.05) is 41.7 Å². The highest BCUT2D eigenvalue weighted by molar-refractivity contribution is 8.05. The van der Waals surface area contributed by atoms with Gasteiger partial charge in [0.2, 0.25) is 5.56 Å². The second-order valence-electron chi connectivity index (χ2n) is 8.88. The van der Waals surface area contributed by atoms with Crippen molar-refractivity contribution in [3.63, 3.8) is 0 Å². The lowest BCUT2D eigenvalue weighted by Crippen LogP contribution is -2.39. The maximum atomic E-state index is 11.8. The Labute approximate surface area is 218 Å². The summed E-state index contributed by atoms with van der Waals surface area (Å²) < 4.78 is 6.24. The van der Waals surface area contributed by atoms with Crippen LogP contribution in [0.4, 0.5) is 11.4 Å². The Morgan fingerprint density at radius 1 is 1.06 bits per heavy atom. The second-order valence-corrected chi connectivity index (χ2v) is 11.0. The Balaban J connectivity index is 1.20. The van der Waals surface area contributed by atoms with E-state index < -0.39 is 0 Å². The molecule has 0 saturated carbocycles. The second kappa shape index (κ2) is 10.0. The number of H-pyrrole nitrogens is 1. The lowest BCUT2D eigenvalue weighted by Gasteiger charge is -2.36.